The second kappa shape index (κ2) is 5.63. The Labute approximate surface area is 120 Å². The normalized spacial score (nSPS) is 10.2. The molecular weight excluding hydrogens is 365 g/mol. The van der Waals surface area contributed by atoms with Gasteiger partial charge < -0.3 is 5.32 Å². The SMILES string of the molecule is O=C(Nc1cccc(Br)c1)c1ccc(F)c(Br)c1. The van der Waals surface area contributed by atoms with Crippen molar-refractivity contribution in [3.63, 3.8) is 0 Å². The molecule has 0 fully saturated rings. The van der Waals surface area contributed by atoms with Crippen LogP contribution in [0.1, 0.15) is 10.4 Å². The molecule has 0 spiro atoms. The van der Waals surface area contributed by atoms with Crippen molar-refractivity contribution in [1.82, 2.24) is 0 Å². The van der Waals surface area contributed by atoms with Gasteiger partial charge in [0.25, 0.3) is 5.91 Å². The number of carbonyl (C=O) groups excluding carboxylic acids is 1. The lowest BCUT2D eigenvalue weighted by Crippen LogP contribution is -2.11. The summed E-state index contributed by atoms with van der Waals surface area (Å²) in [7, 11) is 0. The van der Waals surface area contributed by atoms with Crippen LogP contribution in [-0.2, 0) is 0 Å². The van der Waals surface area contributed by atoms with E-state index in [1.165, 1.54) is 18.2 Å². The first kappa shape index (κ1) is 13.2. The zero-order valence-corrected chi connectivity index (χ0v) is 12.3. The molecule has 1 N–H and O–H groups in total. The van der Waals surface area contributed by atoms with Crippen LogP contribution in [-0.4, -0.2) is 5.91 Å². The molecule has 18 heavy (non-hydrogen) atoms. The molecule has 0 aliphatic rings. The van der Waals surface area contributed by atoms with E-state index in [1.807, 2.05) is 12.1 Å². The van der Waals surface area contributed by atoms with Crippen molar-refractivity contribution in [3.05, 3.63) is 62.8 Å². The van der Waals surface area contributed by atoms with Crippen LogP contribution in [0, 0.1) is 5.82 Å². The van der Waals surface area contributed by atoms with E-state index in [0.29, 0.717) is 11.3 Å². The highest BCUT2D eigenvalue weighted by atomic mass is 79.9. The van der Waals surface area contributed by atoms with Crippen LogP contribution < -0.4 is 5.32 Å². The predicted octanol–water partition coefficient (Wildman–Crippen LogP) is 4.60. The number of benzene rings is 2. The van der Waals surface area contributed by atoms with Gasteiger partial charge in [0.05, 0.1) is 4.47 Å². The predicted molar refractivity (Wildman–Crippen MR) is 76.2 cm³/mol. The number of carbonyl (C=O) groups is 1. The quantitative estimate of drug-likeness (QED) is 0.819. The largest absolute Gasteiger partial charge is 0.322 e. The smallest absolute Gasteiger partial charge is 0.255 e. The fourth-order valence-electron chi connectivity index (χ4n) is 1.41. The summed E-state index contributed by atoms with van der Waals surface area (Å²) < 4.78 is 14.2. The molecule has 0 radical (unpaired) electrons. The van der Waals surface area contributed by atoms with Crippen molar-refractivity contribution >= 4 is 43.5 Å². The molecule has 0 aliphatic carbocycles. The molecule has 2 aromatic carbocycles. The number of anilines is 1. The molecule has 5 heteroatoms. The van der Waals surface area contributed by atoms with E-state index in [9.17, 15) is 9.18 Å². The maximum Gasteiger partial charge on any atom is 0.255 e. The van der Waals surface area contributed by atoms with Crippen molar-refractivity contribution in [2.24, 2.45) is 0 Å². The van der Waals surface area contributed by atoms with Gasteiger partial charge >= 0.3 is 0 Å². The van der Waals surface area contributed by atoms with Crippen molar-refractivity contribution in [1.29, 1.82) is 0 Å². The van der Waals surface area contributed by atoms with Crippen LogP contribution in [0.25, 0.3) is 0 Å². The maximum atomic E-state index is 13.1. The Kier molecular flexibility index (Phi) is 4.14. The number of halogens is 3. The minimum Gasteiger partial charge on any atom is -0.322 e. The first-order valence-electron chi connectivity index (χ1n) is 5.08. The summed E-state index contributed by atoms with van der Waals surface area (Å²) in [5.74, 6) is -0.678. The van der Waals surface area contributed by atoms with Gasteiger partial charge in [-0.15, -0.1) is 0 Å². The highest BCUT2D eigenvalue weighted by molar-refractivity contribution is 9.10. The number of nitrogens with one attached hydrogen (secondary N) is 1. The van der Waals surface area contributed by atoms with E-state index < -0.39 is 5.82 Å². The Bertz CT molecular complexity index is 601. The molecule has 1 amide bonds. The molecule has 0 aliphatic heterocycles. The number of amides is 1. The first-order chi connectivity index (χ1) is 8.56. The van der Waals surface area contributed by atoms with Crippen LogP contribution in [0.2, 0.25) is 0 Å². The molecule has 2 aromatic rings. The van der Waals surface area contributed by atoms with Crippen molar-refractivity contribution < 1.29 is 9.18 Å². The molecule has 0 heterocycles. The summed E-state index contributed by atoms with van der Waals surface area (Å²) in [4.78, 5) is 11.9. The van der Waals surface area contributed by atoms with Gasteiger partial charge in [0.15, 0.2) is 0 Å². The van der Waals surface area contributed by atoms with E-state index in [4.69, 9.17) is 0 Å². The van der Waals surface area contributed by atoms with E-state index in [1.54, 1.807) is 12.1 Å². The molecule has 2 rings (SSSR count). The van der Waals surface area contributed by atoms with Crippen LogP contribution >= 0.6 is 31.9 Å². The number of hydrogen-bond acceptors (Lipinski definition) is 1. The van der Waals surface area contributed by atoms with Gasteiger partial charge in [0.2, 0.25) is 0 Å². The van der Waals surface area contributed by atoms with Crippen LogP contribution in [0.3, 0.4) is 0 Å². The van der Waals surface area contributed by atoms with Gasteiger partial charge in [0.1, 0.15) is 5.82 Å². The second-order valence-corrected chi connectivity index (χ2v) is 5.36. The maximum absolute atomic E-state index is 13.1. The molecule has 0 atom stereocenters. The van der Waals surface area contributed by atoms with E-state index in [-0.39, 0.29) is 10.4 Å². The molecule has 0 aromatic heterocycles. The Morgan fingerprint density at radius 3 is 2.56 bits per heavy atom. The summed E-state index contributed by atoms with van der Waals surface area (Å²) in [5.41, 5.74) is 1.07. The average Bonchev–Trinajstić information content (AvgIpc) is 2.32. The van der Waals surface area contributed by atoms with Crippen molar-refractivity contribution in [3.8, 4) is 0 Å². The number of hydrogen-bond donors (Lipinski definition) is 1. The Hall–Kier alpha value is -1.20. The van der Waals surface area contributed by atoms with Gasteiger partial charge in [0, 0.05) is 15.7 Å². The standard InChI is InChI=1S/C13H8Br2FNO/c14-9-2-1-3-10(7-9)17-13(18)8-4-5-12(16)11(15)6-8/h1-7H,(H,17,18). The topological polar surface area (TPSA) is 29.1 Å². The highest BCUT2D eigenvalue weighted by Crippen LogP contribution is 2.19. The van der Waals surface area contributed by atoms with Gasteiger partial charge in [-0.1, -0.05) is 22.0 Å². The van der Waals surface area contributed by atoms with Crippen molar-refractivity contribution in [2.75, 3.05) is 5.32 Å². The first-order valence-corrected chi connectivity index (χ1v) is 6.67. The van der Waals surface area contributed by atoms with Crippen molar-refractivity contribution in [2.45, 2.75) is 0 Å². The minimum absolute atomic E-state index is 0.268. The lowest BCUT2D eigenvalue weighted by molar-refractivity contribution is 0.102. The molecule has 92 valence electrons. The average molecular weight is 373 g/mol. The van der Waals surface area contributed by atoms with Gasteiger partial charge in [-0.05, 0) is 52.3 Å². The molecule has 0 bridgehead atoms. The fourth-order valence-corrected chi connectivity index (χ4v) is 2.18. The molecule has 0 saturated carbocycles. The fraction of sp³-hybridized carbons (Fsp3) is 0. The van der Waals surface area contributed by atoms with E-state index in [2.05, 4.69) is 37.2 Å². The molecule has 0 unspecified atom stereocenters. The Morgan fingerprint density at radius 1 is 1.11 bits per heavy atom. The lowest BCUT2D eigenvalue weighted by Gasteiger charge is -2.06. The zero-order valence-electron chi connectivity index (χ0n) is 9.08. The Morgan fingerprint density at radius 2 is 1.89 bits per heavy atom. The third-order valence-electron chi connectivity index (χ3n) is 2.26. The molecule has 2 nitrogen and oxygen atoms in total. The molecular formula is C13H8Br2FNO. The van der Waals surface area contributed by atoms with Crippen LogP contribution in [0.15, 0.2) is 51.4 Å². The van der Waals surface area contributed by atoms with Crippen LogP contribution in [0.4, 0.5) is 10.1 Å². The number of rotatable bonds is 2. The third kappa shape index (κ3) is 3.17. The summed E-state index contributed by atoms with van der Waals surface area (Å²) in [6.07, 6.45) is 0. The molecule has 0 saturated heterocycles. The van der Waals surface area contributed by atoms with Gasteiger partial charge in [-0.3, -0.25) is 4.79 Å². The minimum atomic E-state index is -0.394. The Balaban J connectivity index is 2.19. The summed E-state index contributed by atoms with van der Waals surface area (Å²) in [6, 6.07) is 11.4. The summed E-state index contributed by atoms with van der Waals surface area (Å²) >= 11 is 6.37. The van der Waals surface area contributed by atoms with Crippen LogP contribution in [0.5, 0.6) is 0 Å². The highest BCUT2D eigenvalue weighted by Gasteiger charge is 2.08. The summed E-state index contributed by atoms with van der Waals surface area (Å²) in [5, 5.41) is 2.73. The van der Waals surface area contributed by atoms with Gasteiger partial charge in [-0.2, -0.15) is 0 Å². The lowest BCUT2D eigenvalue weighted by atomic mass is 10.2. The summed E-state index contributed by atoms with van der Waals surface area (Å²) in [6.45, 7) is 0. The van der Waals surface area contributed by atoms with E-state index >= 15 is 0 Å². The zero-order chi connectivity index (χ0) is 13.1. The van der Waals surface area contributed by atoms with Gasteiger partial charge in [-0.25, -0.2) is 4.39 Å². The van der Waals surface area contributed by atoms with E-state index in [0.717, 1.165) is 4.47 Å². The third-order valence-corrected chi connectivity index (χ3v) is 3.37. The second-order valence-electron chi connectivity index (χ2n) is 3.59. The monoisotopic (exact) mass is 371 g/mol.